The molecule has 0 radical (unpaired) electrons. The summed E-state index contributed by atoms with van der Waals surface area (Å²) in [5.74, 6) is 1.78. The van der Waals surface area contributed by atoms with Gasteiger partial charge in [-0.2, -0.15) is 0 Å². The summed E-state index contributed by atoms with van der Waals surface area (Å²) >= 11 is 0. The average molecular weight is 208 g/mol. The SMILES string of the molecule is CC(C)(O)C12CC3C[C@@H](C1)C(=O)[C@@H](C3)C2. The van der Waals surface area contributed by atoms with Crippen LogP contribution in [0.2, 0.25) is 0 Å². The molecule has 0 saturated heterocycles. The third-order valence-corrected chi connectivity index (χ3v) is 5.29. The van der Waals surface area contributed by atoms with Crippen LogP contribution in [0, 0.1) is 23.2 Å². The maximum Gasteiger partial charge on any atom is 0.139 e. The van der Waals surface area contributed by atoms with Crippen LogP contribution < -0.4 is 0 Å². The number of Topliss-reactive ketones (excluding diaryl/α,β-unsaturated/α-hetero) is 1. The molecule has 0 aromatic carbocycles. The third kappa shape index (κ3) is 1.17. The topological polar surface area (TPSA) is 37.3 Å². The molecule has 2 nitrogen and oxygen atoms in total. The Morgan fingerprint density at radius 1 is 1.20 bits per heavy atom. The Labute approximate surface area is 91.1 Å². The van der Waals surface area contributed by atoms with Crippen LogP contribution in [0.1, 0.15) is 46.0 Å². The molecule has 4 saturated carbocycles. The summed E-state index contributed by atoms with van der Waals surface area (Å²) in [6.45, 7) is 3.87. The van der Waals surface area contributed by atoms with Crippen molar-refractivity contribution in [3.8, 4) is 0 Å². The lowest BCUT2D eigenvalue weighted by Crippen LogP contribution is -2.59. The van der Waals surface area contributed by atoms with Crippen LogP contribution in [0.4, 0.5) is 0 Å². The van der Waals surface area contributed by atoms with E-state index in [1.165, 1.54) is 0 Å². The first-order chi connectivity index (χ1) is 6.91. The number of aliphatic hydroxyl groups is 1. The highest BCUT2D eigenvalue weighted by Gasteiger charge is 2.59. The Balaban J connectivity index is 1.99. The second-order valence-electron chi connectivity index (χ2n) is 6.59. The van der Waals surface area contributed by atoms with Gasteiger partial charge in [0.05, 0.1) is 5.60 Å². The Kier molecular flexibility index (Phi) is 1.74. The quantitative estimate of drug-likeness (QED) is 0.717. The number of hydrogen-bond donors (Lipinski definition) is 1. The van der Waals surface area contributed by atoms with Crippen molar-refractivity contribution in [2.45, 2.75) is 51.6 Å². The van der Waals surface area contributed by atoms with E-state index in [9.17, 15) is 9.90 Å². The molecular weight excluding hydrogens is 188 g/mol. The van der Waals surface area contributed by atoms with Gasteiger partial charge in [0.25, 0.3) is 0 Å². The van der Waals surface area contributed by atoms with Gasteiger partial charge < -0.3 is 5.11 Å². The van der Waals surface area contributed by atoms with Gasteiger partial charge in [0.1, 0.15) is 5.78 Å². The molecular formula is C13H20O2. The van der Waals surface area contributed by atoms with Crippen LogP contribution >= 0.6 is 0 Å². The Morgan fingerprint density at radius 2 is 1.73 bits per heavy atom. The highest BCUT2D eigenvalue weighted by Crippen LogP contribution is 2.62. The van der Waals surface area contributed by atoms with Crippen LogP contribution in [-0.4, -0.2) is 16.5 Å². The zero-order valence-electron chi connectivity index (χ0n) is 9.62. The molecule has 4 aliphatic rings. The lowest BCUT2D eigenvalue weighted by molar-refractivity contribution is -0.175. The van der Waals surface area contributed by atoms with Crippen molar-refractivity contribution < 1.29 is 9.90 Å². The molecule has 0 unspecified atom stereocenters. The first kappa shape index (κ1) is 9.83. The van der Waals surface area contributed by atoms with Crippen LogP contribution in [0.5, 0.6) is 0 Å². The summed E-state index contributed by atoms with van der Waals surface area (Å²) in [6.07, 6.45) is 5.25. The molecule has 4 bridgehead atoms. The smallest absolute Gasteiger partial charge is 0.139 e. The fraction of sp³-hybridized carbons (Fsp3) is 0.923. The third-order valence-electron chi connectivity index (χ3n) is 5.29. The average Bonchev–Trinajstić information content (AvgIpc) is 2.10. The van der Waals surface area contributed by atoms with Gasteiger partial charge in [-0.25, -0.2) is 0 Å². The maximum absolute atomic E-state index is 12.0. The fourth-order valence-corrected chi connectivity index (χ4v) is 4.50. The largest absolute Gasteiger partial charge is 0.390 e. The van der Waals surface area contributed by atoms with Crippen molar-refractivity contribution in [2.75, 3.05) is 0 Å². The monoisotopic (exact) mass is 208 g/mol. The van der Waals surface area contributed by atoms with E-state index in [0.29, 0.717) is 11.7 Å². The maximum atomic E-state index is 12.0. The lowest BCUT2D eigenvalue weighted by atomic mass is 9.45. The van der Waals surface area contributed by atoms with Gasteiger partial charge >= 0.3 is 0 Å². The second-order valence-corrected chi connectivity index (χ2v) is 6.59. The summed E-state index contributed by atoms with van der Waals surface area (Å²) in [5.41, 5.74) is -0.555. The van der Waals surface area contributed by atoms with Gasteiger partial charge in [-0.15, -0.1) is 0 Å². The fourth-order valence-electron chi connectivity index (χ4n) is 4.50. The lowest BCUT2D eigenvalue weighted by Gasteiger charge is -2.60. The molecule has 0 amide bonds. The first-order valence-corrected chi connectivity index (χ1v) is 6.17. The van der Waals surface area contributed by atoms with E-state index in [4.69, 9.17) is 0 Å². The molecule has 2 heteroatoms. The molecule has 4 rings (SSSR count). The standard InChI is InChI=1S/C13H20O2/c1-12(2,15)13-5-8-3-9(6-13)11(14)10(4-8)7-13/h8-10,15H,3-7H2,1-2H3/t8?,9-,10-,13?/m0/s1. The second kappa shape index (κ2) is 2.65. The van der Waals surface area contributed by atoms with Gasteiger partial charge in [-0.3, -0.25) is 4.79 Å². The zero-order valence-corrected chi connectivity index (χ0v) is 9.62. The van der Waals surface area contributed by atoms with Gasteiger partial charge in [0.15, 0.2) is 0 Å². The summed E-state index contributed by atoms with van der Waals surface area (Å²) < 4.78 is 0. The Bertz CT molecular complexity index is 295. The van der Waals surface area contributed by atoms with E-state index in [1.807, 2.05) is 13.8 Å². The summed E-state index contributed by atoms with van der Waals surface area (Å²) in [7, 11) is 0. The van der Waals surface area contributed by atoms with Crippen molar-refractivity contribution >= 4 is 5.78 Å². The molecule has 0 aromatic heterocycles. The molecule has 4 aliphatic carbocycles. The zero-order chi connectivity index (χ0) is 10.8. The molecule has 0 heterocycles. The van der Waals surface area contributed by atoms with Crippen molar-refractivity contribution in [2.24, 2.45) is 23.2 Å². The van der Waals surface area contributed by atoms with E-state index in [-0.39, 0.29) is 17.3 Å². The van der Waals surface area contributed by atoms with Crippen molar-refractivity contribution in [1.82, 2.24) is 0 Å². The Hall–Kier alpha value is -0.370. The molecule has 0 aromatic rings. The predicted octanol–water partition coefficient (Wildman–Crippen LogP) is 2.15. The number of carbonyl (C=O) groups excluding carboxylic acids is 1. The molecule has 2 atom stereocenters. The molecule has 84 valence electrons. The molecule has 15 heavy (non-hydrogen) atoms. The van der Waals surface area contributed by atoms with Crippen LogP contribution in [0.25, 0.3) is 0 Å². The van der Waals surface area contributed by atoms with Gasteiger partial charge in [-0.1, -0.05) is 0 Å². The van der Waals surface area contributed by atoms with E-state index in [0.717, 1.165) is 32.1 Å². The summed E-state index contributed by atoms with van der Waals surface area (Å²) in [4.78, 5) is 12.0. The molecule has 0 aliphatic heterocycles. The van der Waals surface area contributed by atoms with Gasteiger partial charge in [-0.05, 0) is 51.9 Å². The highest BCUT2D eigenvalue weighted by atomic mass is 16.3. The van der Waals surface area contributed by atoms with E-state index in [2.05, 4.69) is 0 Å². The van der Waals surface area contributed by atoms with Crippen LogP contribution in [0.3, 0.4) is 0 Å². The van der Waals surface area contributed by atoms with Gasteiger partial charge in [0.2, 0.25) is 0 Å². The van der Waals surface area contributed by atoms with Gasteiger partial charge in [0, 0.05) is 17.3 Å². The van der Waals surface area contributed by atoms with E-state index < -0.39 is 5.60 Å². The number of ketones is 1. The van der Waals surface area contributed by atoms with Crippen LogP contribution in [-0.2, 0) is 4.79 Å². The highest BCUT2D eigenvalue weighted by molar-refractivity contribution is 5.85. The Morgan fingerprint density at radius 3 is 2.20 bits per heavy atom. The van der Waals surface area contributed by atoms with Crippen molar-refractivity contribution in [3.63, 3.8) is 0 Å². The van der Waals surface area contributed by atoms with Crippen molar-refractivity contribution in [1.29, 1.82) is 0 Å². The number of hydrogen-bond acceptors (Lipinski definition) is 2. The minimum atomic E-state index is -0.608. The number of rotatable bonds is 1. The summed E-state index contributed by atoms with van der Waals surface area (Å²) in [5, 5.41) is 10.4. The van der Waals surface area contributed by atoms with Crippen molar-refractivity contribution in [3.05, 3.63) is 0 Å². The van der Waals surface area contributed by atoms with E-state index >= 15 is 0 Å². The predicted molar refractivity (Wildman–Crippen MR) is 57.3 cm³/mol. The summed E-state index contributed by atoms with van der Waals surface area (Å²) in [6, 6.07) is 0. The normalized spacial score (nSPS) is 48.7. The first-order valence-electron chi connectivity index (χ1n) is 6.17. The van der Waals surface area contributed by atoms with Crippen LogP contribution in [0.15, 0.2) is 0 Å². The van der Waals surface area contributed by atoms with E-state index in [1.54, 1.807) is 0 Å². The molecule has 0 spiro atoms. The minimum Gasteiger partial charge on any atom is -0.390 e. The minimum absolute atomic E-state index is 0.0530. The molecule has 1 N–H and O–H groups in total. The molecule has 4 fully saturated rings. The number of carbonyl (C=O) groups is 1.